The zero-order valence-corrected chi connectivity index (χ0v) is 46.1. The number of aliphatic hydroxyl groups excluding tert-OH is 1. The van der Waals surface area contributed by atoms with Gasteiger partial charge in [-0.15, -0.1) is 0 Å². The summed E-state index contributed by atoms with van der Waals surface area (Å²) in [4.78, 5) is 100.0. The molecule has 2 bridgehead atoms. The molecule has 1 saturated heterocycles. The molecule has 4 aliphatic rings. The summed E-state index contributed by atoms with van der Waals surface area (Å²) >= 11 is 0. The third-order valence-corrected chi connectivity index (χ3v) is 16.0. The summed E-state index contributed by atoms with van der Waals surface area (Å²) in [6.45, 7) is 11.9. The van der Waals surface area contributed by atoms with Crippen LogP contribution >= 0.6 is 0 Å². The number of nitrogens with one attached hydrogen (secondary N) is 4. The van der Waals surface area contributed by atoms with E-state index in [9.17, 15) is 39.0 Å². The molecule has 3 aliphatic carbocycles. The van der Waals surface area contributed by atoms with Crippen molar-refractivity contribution < 1.29 is 81.6 Å². The molecule has 0 unspecified atom stereocenters. The van der Waals surface area contributed by atoms with Crippen molar-refractivity contribution in [2.75, 3.05) is 45.9 Å². The lowest BCUT2D eigenvalue weighted by Gasteiger charge is -2.67. The van der Waals surface area contributed by atoms with Crippen LogP contribution in [0.2, 0.25) is 0 Å². The smallest absolute Gasteiger partial charge is 0.407 e. The molecule has 20 nitrogen and oxygen atoms in total. The minimum absolute atomic E-state index is 0. The molecule has 7 rings (SSSR count). The Labute approximate surface area is 464 Å². The number of ether oxygens (including phenoxy) is 6. The lowest BCUT2D eigenvalue weighted by atomic mass is 9.44. The molecule has 22 heteroatoms. The predicted octanol–water partition coefficient (Wildman–Crippen LogP) is 4.47. The third-order valence-electron chi connectivity index (χ3n) is 16.0. The van der Waals surface area contributed by atoms with Crippen LogP contribution in [0.25, 0.3) is 0 Å². The normalized spacial score (nSPS) is 26.9. The number of esters is 4. The quantitative estimate of drug-likeness (QED) is 0.0298. The monoisotopic (exact) mass is 1120 g/mol. The minimum Gasteiger partial charge on any atom is -0.456 e. The molecule has 8 N–H and O–H groups in total. The molecule has 2 amide bonds. The van der Waals surface area contributed by atoms with Crippen LogP contribution < -0.4 is 27.0 Å². The fourth-order valence-electron chi connectivity index (χ4n) is 11.9. The summed E-state index contributed by atoms with van der Waals surface area (Å²) in [6.07, 6.45) is -8.36. The van der Waals surface area contributed by atoms with E-state index in [4.69, 9.17) is 34.2 Å². The number of rotatable bonds is 23. The van der Waals surface area contributed by atoms with Gasteiger partial charge < -0.3 is 65.6 Å². The topological polar surface area (TPSA) is 289 Å². The van der Waals surface area contributed by atoms with Gasteiger partial charge in [-0.2, -0.15) is 0 Å². The Balaban J connectivity index is 0.00000588. The van der Waals surface area contributed by atoms with Crippen LogP contribution in [0.15, 0.2) is 102 Å². The van der Waals surface area contributed by atoms with Crippen molar-refractivity contribution in [3.8, 4) is 0 Å². The predicted molar refractivity (Wildman–Crippen MR) is 288 cm³/mol. The number of hydrogen-bond donors (Lipinski definition) is 7. The number of aliphatic hydroxyl groups is 2. The molecule has 3 aromatic carbocycles. The number of fused-ring (bicyclic) bond motifs is 5. The van der Waals surface area contributed by atoms with Gasteiger partial charge in [-0.3, -0.25) is 28.6 Å². The maximum atomic E-state index is 16.3. The second kappa shape index (κ2) is 27.7. The van der Waals surface area contributed by atoms with Crippen molar-refractivity contribution in [1.82, 2.24) is 21.3 Å². The molecule has 0 radical (unpaired) electrons. The molecule has 11 atom stereocenters. The first-order valence-corrected chi connectivity index (χ1v) is 26.8. The van der Waals surface area contributed by atoms with E-state index < -0.39 is 119 Å². The van der Waals surface area contributed by atoms with Crippen LogP contribution in [0.1, 0.15) is 112 Å². The minimum atomic E-state index is -2.47. The fraction of sp³-hybridized carbons (Fsp3) is 0.534. The van der Waals surface area contributed by atoms with Crippen LogP contribution in [0.5, 0.6) is 0 Å². The van der Waals surface area contributed by atoms with Crippen molar-refractivity contribution in [1.29, 1.82) is 0 Å². The Kier molecular flexibility index (Phi) is 22.2. The van der Waals surface area contributed by atoms with E-state index in [1.807, 2.05) is 0 Å². The van der Waals surface area contributed by atoms with Crippen LogP contribution in [0.4, 0.5) is 14.2 Å². The molecule has 3 aromatic rings. The van der Waals surface area contributed by atoms with Gasteiger partial charge in [0.2, 0.25) is 0 Å². The zero-order chi connectivity index (χ0) is 56.4. The maximum absolute atomic E-state index is 16.3. The second-order valence-electron chi connectivity index (χ2n) is 21.4. The number of unbranched alkanes of at least 4 members (excludes halogenated alkanes) is 1. The Bertz CT molecular complexity index is 2670. The van der Waals surface area contributed by atoms with Crippen LogP contribution in [-0.4, -0.2) is 146 Å². The number of Topliss-reactive ketones (excluding diaryl/α,β-unsaturated/α-hetero) is 1. The van der Waals surface area contributed by atoms with E-state index in [-0.39, 0.29) is 51.3 Å². The summed E-state index contributed by atoms with van der Waals surface area (Å²) in [7, 11) is 0. The van der Waals surface area contributed by atoms with Gasteiger partial charge in [0.25, 0.3) is 5.91 Å². The summed E-state index contributed by atoms with van der Waals surface area (Å²) in [5.74, 6) is -7.07. The number of benzene rings is 3. The SMILES string of the molecule is CC(=O)O[C@H]1C(=O)[C@]2(C)[C@@H](OC(=O)NCCCNCCCCNCCCN)C[C@H]3OC[C@@]3(OC(C)=O)[C@H]2[C@H](OC(=O)c2ccccc2)[C@]2(O)C[C@H](OC(=O)[C@H](O)[C@@H](NC(=O)c3ccccc3)c3ccccc3)C(C)=C1C2(C)C.F.F. The average Bonchev–Trinajstić information content (AvgIpc) is 3.44. The highest BCUT2D eigenvalue weighted by molar-refractivity contribution is 5.96. The Morgan fingerprint density at radius 1 is 0.750 bits per heavy atom. The average molecular weight is 1120 g/mol. The van der Waals surface area contributed by atoms with Crippen molar-refractivity contribution in [2.45, 2.75) is 134 Å². The first kappa shape index (κ1) is 64.1. The molecule has 1 aliphatic heterocycles. The molecular formula is C58H77F2N5O15. The van der Waals surface area contributed by atoms with Crippen molar-refractivity contribution >= 4 is 41.7 Å². The van der Waals surface area contributed by atoms with Crippen LogP contribution in [0, 0.1) is 16.7 Å². The first-order valence-electron chi connectivity index (χ1n) is 26.8. The van der Waals surface area contributed by atoms with E-state index in [1.165, 1.54) is 26.0 Å². The summed E-state index contributed by atoms with van der Waals surface area (Å²) in [5, 5.41) is 38.3. The van der Waals surface area contributed by atoms with E-state index in [1.54, 1.807) is 92.7 Å². The standard InChI is InChI=1S/C58H75N5O15.2FH/c1-35-41(75-53(70)46(66)45(38-20-10-7-11-21-38)63-51(68)39-22-12-8-13-23-39)33-58(72)50(77-52(69)40-24-14-9-15-25-40)48-56(6,49(67)47(74-36(2)64)44(35)55(58,4)5)42(32-43-57(48,34-73-43)78-37(3)65)76-54(71)62-31-19-30-61-28-17-16-27-60-29-18-26-59;;/h7-15,20-25,41-43,45-48,50,60-61,66,72H,16-19,26-34,59H2,1-6H3,(H,62,71)(H,63,68);2*1H/t41-,42-,43+,45-,46+,47+,48-,50-,56+,57-,58+;;/m0../s1. The summed E-state index contributed by atoms with van der Waals surface area (Å²) in [6, 6.07) is 22.9. The van der Waals surface area contributed by atoms with E-state index in [2.05, 4.69) is 21.3 Å². The lowest BCUT2D eigenvalue weighted by molar-refractivity contribution is -0.345. The van der Waals surface area contributed by atoms with E-state index in [0.717, 1.165) is 52.7 Å². The molecule has 0 aromatic heterocycles. The highest BCUT2D eigenvalue weighted by Gasteiger charge is 2.79. The largest absolute Gasteiger partial charge is 0.456 e. The molecular weight excluding hydrogens is 1040 g/mol. The second-order valence-corrected chi connectivity index (χ2v) is 21.4. The number of alkyl carbamates (subject to hydrolysis) is 1. The highest BCUT2D eigenvalue weighted by atomic mass is 19.0. The molecule has 3 fully saturated rings. The third kappa shape index (κ3) is 13.4. The van der Waals surface area contributed by atoms with E-state index in [0.29, 0.717) is 25.1 Å². The number of nitrogens with two attached hydrogens (primary N) is 1. The Morgan fingerprint density at radius 2 is 1.32 bits per heavy atom. The molecule has 2 saturated carbocycles. The summed E-state index contributed by atoms with van der Waals surface area (Å²) < 4.78 is 37.5. The Hall–Kier alpha value is -6.69. The van der Waals surface area contributed by atoms with Crippen LogP contribution in [-0.2, 0) is 47.6 Å². The number of amides is 2. The van der Waals surface area contributed by atoms with E-state index >= 15 is 4.79 Å². The van der Waals surface area contributed by atoms with Gasteiger partial charge in [0.05, 0.1) is 29.5 Å². The fourth-order valence-corrected chi connectivity index (χ4v) is 11.9. The van der Waals surface area contributed by atoms with Gasteiger partial charge in [0.1, 0.15) is 30.0 Å². The molecule has 1 heterocycles. The number of halogens is 2. The van der Waals surface area contributed by atoms with Gasteiger partial charge in [-0.05, 0) is 113 Å². The molecule has 0 spiro atoms. The Morgan fingerprint density at radius 3 is 1.89 bits per heavy atom. The maximum Gasteiger partial charge on any atom is 0.407 e. The number of carbonyl (C=O) groups is 7. The van der Waals surface area contributed by atoms with Gasteiger partial charge in [-0.25, -0.2) is 14.4 Å². The van der Waals surface area contributed by atoms with Gasteiger partial charge in [0, 0.05) is 44.2 Å². The van der Waals surface area contributed by atoms with Crippen molar-refractivity contribution in [3.05, 3.63) is 119 Å². The highest BCUT2D eigenvalue weighted by Crippen LogP contribution is 2.65. The lowest BCUT2D eigenvalue weighted by Crippen LogP contribution is -2.82. The van der Waals surface area contributed by atoms with Crippen molar-refractivity contribution in [2.24, 2.45) is 22.5 Å². The van der Waals surface area contributed by atoms with Crippen LogP contribution in [0.3, 0.4) is 0 Å². The zero-order valence-electron chi connectivity index (χ0n) is 46.1. The number of carbonyl (C=O) groups excluding carboxylic acids is 7. The molecule has 438 valence electrons. The summed E-state index contributed by atoms with van der Waals surface area (Å²) in [5.41, 5.74) is -1.91. The number of hydrogen-bond acceptors (Lipinski definition) is 18. The van der Waals surface area contributed by atoms with Crippen molar-refractivity contribution in [3.63, 3.8) is 0 Å². The first-order chi connectivity index (χ1) is 37.2. The van der Waals surface area contributed by atoms with Gasteiger partial charge in [0.15, 0.2) is 23.6 Å². The number of ketones is 1. The van der Waals surface area contributed by atoms with Gasteiger partial charge in [-0.1, -0.05) is 80.6 Å². The van der Waals surface area contributed by atoms with Gasteiger partial charge >= 0.3 is 30.0 Å². The molecule has 80 heavy (non-hydrogen) atoms.